The summed E-state index contributed by atoms with van der Waals surface area (Å²) in [5.74, 6) is -0.208. The van der Waals surface area contributed by atoms with E-state index in [2.05, 4.69) is 32.9 Å². The van der Waals surface area contributed by atoms with Crippen molar-refractivity contribution in [1.82, 2.24) is 30.6 Å². The SMILES string of the molecule is CCCNCCNC(=O)c1cn(Cc2ccccn2)nn1. The third-order valence-corrected chi connectivity index (χ3v) is 2.84. The smallest absolute Gasteiger partial charge is 0.273 e. The van der Waals surface area contributed by atoms with Gasteiger partial charge in [-0.05, 0) is 25.1 Å². The van der Waals surface area contributed by atoms with Crippen LogP contribution in [-0.2, 0) is 6.54 Å². The molecular weight excluding hydrogens is 268 g/mol. The van der Waals surface area contributed by atoms with Crippen LogP contribution in [0.5, 0.6) is 0 Å². The van der Waals surface area contributed by atoms with Crippen molar-refractivity contribution in [3.8, 4) is 0 Å². The first-order valence-electron chi connectivity index (χ1n) is 7.08. The van der Waals surface area contributed by atoms with E-state index in [4.69, 9.17) is 0 Å². The Morgan fingerprint density at radius 2 is 2.19 bits per heavy atom. The zero-order chi connectivity index (χ0) is 14.9. The van der Waals surface area contributed by atoms with E-state index in [1.54, 1.807) is 17.1 Å². The van der Waals surface area contributed by atoms with E-state index in [9.17, 15) is 4.79 Å². The van der Waals surface area contributed by atoms with Crippen molar-refractivity contribution < 1.29 is 4.79 Å². The maximum atomic E-state index is 11.9. The number of amides is 1. The Morgan fingerprint density at radius 1 is 1.29 bits per heavy atom. The predicted molar refractivity (Wildman–Crippen MR) is 78.9 cm³/mol. The molecule has 2 rings (SSSR count). The van der Waals surface area contributed by atoms with Gasteiger partial charge in [0.05, 0.1) is 18.4 Å². The summed E-state index contributed by atoms with van der Waals surface area (Å²) >= 11 is 0. The topological polar surface area (TPSA) is 84.7 Å². The monoisotopic (exact) mass is 288 g/mol. The highest BCUT2D eigenvalue weighted by atomic mass is 16.2. The summed E-state index contributed by atoms with van der Waals surface area (Å²) in [7, 11) is 0. The van der Waals surface area contributed by atoms with Crippen LogP contribution in [-0.4, -0.2) is 45.5 Å². The van der Waals surface area contributed by atoms with Crippen LogP contribution in [0.4, 0.5) is 0 Å². The van der Waals surface area contributed by atoms with Gasteiger partial charge in [0.15, 0.2) is 5.69 Å². The molecule has 0 aliphatic carbocycles. The quantitative estimate of drug-likeness (QED) is 0.689. The van der Waals surface area contributed by atoms with Crippen molar-refractivity contribution in [3.05, 3.63) is 42.0 Å². The summed E-state index contributed by atoms with van der Waals surface area (Å²) in [5.41, 5.74) is 1.19. The van der Waals surface area contributed by atoms with Gasteiger partial charge >= 0.3 is 0 Å². The molecule has 21 heavy (non-hydrogen) atoms. The van der Waals surface area contributed by atoms with Gasteiger partial charge in [-0.1, -0.05) is 18.2 Å². The lowest BCUT2D eigenvalue weighted by Gasteiger charge is -2.03. The van der Waals surface area contributed by atoms with Crippen LogP contribution in [0.15, 0.2) is 30.6 Å². The summed E-state index contributed by atoms with van der Waals surface area (Å²) < 4.78 is 1.60. The fraction of sp³-hybridized carbons (Fsp3) is 0.429. The fourth-order valence-electron chi connectivity index (χ4n) is 1.79. The Balaban J connectivity index is 1.80. The Morgan fingerprint density at radius 3 is 2.95 bits per heavy atom. The molecule has 0 atom stereocenters. The minimum Gasteiger partial charge on any atom is -0.349 e. The number of nitrogens with one attached hydrogen (secondary N) is 2. The summed E-state index contributed by atoms with van der Waals surface area (Å²) in [4.78, 5) is 16.1. The van der Waals surface area contributed by atoms with Crippen molar-refractivity contribution in [2.75, 3.05) is 19.6 Å². The van der Waals surface area contributed by atoms with Crippen LogP contribution in [0.25, 0.3) is 0 Å². The molecular formula is C14H20N6O. The minimum atomic E-state index is -0.208. The third kappa shape index (κ3) is 4.96. The molecule has 0 saturated heterocycles. The molecule has 1 amide bonds. The van der Waals surface area contributed by atoms with Gasteiger partial charge in [0.2, 0.25) is 0 Å². The summed E-state index contributed by atoms with van der Waals surface area (Å²) in [5, 5.41) is 13.8. The molecule has 0 aliphatic rings. The van der Waals surface area contributed by atoms with Crippen molar-refractivity contribution in [1.29, 1.82) is 0 Å². The summed E-state index contributed by atoms with van der Waals surface area (Å²) in [6, 6.07) is 5.67. The first-order valence-corrected chi connectivity index (χ1v) is 7.08. The van der Waals surface area contributed by atoms with E-state index in [1.165, 1.54) is 0 Å². The standard InChI is InChI=1S/C14H20N6O/c1-2-6-15-8-9-17-14(21)13-11-20(19-18-13)10-12-5-3-4-7-16-12/h3-5,7,11,15H,2,6,8-10H2,1H3,(H,17,21). The normalized spacial score (nSPS) is 10.5. The Bertz CT molecular complexity index is 554. The van der Waals surface area contributed by atoms with Gasteiger partial charge in [-0.2, -0.15) is 0 Å². The van der Waals surface area contributed by atoms with E-state index in [1.807, 2.05) is 18.2 Å². The number of pyridine rings is 1. The minimum absolute atomic E-state index is 0.208. The molecule has 0 spiro atoms. The number of nitrogens with zero attached hydrogens (tertiary/aromatic N) is 4. The number of rotatable bonds is 8. The van der Waals surface area contributed by atoms with E-state index < -0.39 is 0 Å². The van der Waals surface area contributed by atoms with Gasteiger partial charge in [-0.3, -0.25) is 9.78 Å². The van der Waals surface area contributed by atoms with Gasteiger partial charge in [-0.15, -0.1) is 5.10 Å². The second-order valence-corrected chi connectivity index (χ2v) is 4.63. The van der Waals surface area contributed by atoms with Gasteiger partial charge < -0.3 is 10.6 Å². The summed E-state index contributed by atoms with van der Waals surface area (Å²) in [6.07, 6.45) is 4.43. The lowest BCUT2D eigenvalue weighted by Crippen LogP contribution is -2.32. The lowest BCUT2D eigenvalue weighted by atomic mass is 10.3. The van der Waals surface area contributed by atoms with Crippen LogP contribution in [0.3, 0.4) is 0 Å². The molecule has 0 fully saturated rings. The van der Waals surface area contributed by atoms with E-state index in [0.29, 0.717) is 18.8 Å². The highest BCUT2D eigenvalue weighted by molar-refractivity contribution is 5.91. The van der Waals surface area contributed by atoms with E-state index in [-0.39, 0.29) is 5.91 Å². The van der Waals surface area contributed by atoms with E-state index >= 15 is 0 Å². The first-order chi connectivity index (χ1) is 10.3. The molecule has 0 bridgehead atoms. The molecule has 0 unspecified atom stereocenters. The number of hydrogen-bond donors (Lipinski definition) is 2. The predicted octanol–water partition coefficient (Wildman–Crippen LogP) is 0.451. The molecule has 0 aromatic carbocycles. The number of carbonyl (C=O) groups excluding carboxylic acids is 1. The van der Waals surface area contributed by atoms with Crippen LogP contribution >= 0.6 is 0 Å². The van der Waals surface area contributed by atoms with Crippen molar-refractivity contribution in [3.63, 3.8) is 0 Å². The van der Waals surface area contributed by atoms with Crippen molar-refractivity contribution in [2.24, 2.45) is 0 Å². The molecule has 7 nitrogen and oxygen atoms in total. The molecule has 2 heterocycles. The number of carbonyl (C=O) groups is 1. The zero-order valence-electron chi connectivity index (χ0n) is 12.1. The van der Waals surface area contributed by atoms with Crippen molar-refractivity contribution >= 4 is 5.91 Å². The van der Waals surface area contributed by atoms with Crippen molar-refractivity contribution in [2.45, 2.75) is 19.9 Å². The molecule has 0 radical (unpaired) electrons. The molecule has 0 saturated carbocycles. The maximum absolute atomic E-state index is 11.9. The second-order valence-electron chi connectivity index (χ2n) is 4.63. The molecule has 2 N–H and O–H groups in total. The van der Waals surface area contributed by atoms with Crippen LogP contribution in [0.1, 0.15) is 29.5 Å². The average Bonchev–Trinajstić information content (AvgIpc) is 2.96. The van der Waals surface area contributed by atoms with Crippen LogP contribution < -0.4 is 10.6 Å². The molecule has 2 aromatic rings. The van der Waals surface area contributed by atoms with Gasteiger partial charge in [-0.25, -0.2) is 4.68 Å². The van der Waals surface area contributed by atoms with Gasteiger partial charge in [0.1, 0.15) is 0 Å². The largest absolute Gasteiger partial charge is 0.349 e. The Hall–Kier alpha value is -2.28. The zero-order valence-corrected chi connectivity index (χ0v) is 12.1. The highest BCUT2D eigenvalue weighted by Crippen LogP contribution is 1.99. The second kappa shape index (κ2) is 8.11. The van der Waals surface area contributed by atoms with Gasteiger partial charge in [0.25, 0.3) is 5.91 Å². The van der Waals surface area contributed by atoms with E-state index in [0.717, 1.165) is 25.2 Å². The Labute approximate surface area is 123 Å². The molecule has 2 aromatic heterocycles. The third-order valence-electron chi connectivity index (χ3n) is 2.84. The van der Waals surface area contributed by atoms with Gasteiger partial charge in [0, 0.05) is 19.3 Å². The number of hydrogen-bond acceptors (Lipinski definition) is 5. The molecule has 7 heteroatoms. The van der Waals surface area contributed by atoms with Crippen LogP contribution in [0.2, 0.25) is 0 Å². The fourth-order valence-corrected chi connectivity index (χ4v) is 1.79. The molecule has 112 valence electrons. The first kappa shape index (κ1) is 15.1. The number of aromatic nitrogens is 4. The highest BCUT2D eigenvalue weighted by Gasteiger charge is 2.10. The van der Waals surface area contributed by atoms with Crippen LogP contribution in [0, 0.1) is 0 Å². The maximum Gasteiger partial charge on any atom is 0.273 e. The lowest BCUT2D eigenvalue weighted by molar-refractivity contribution is 0.0949. The molecule has 0 aliphatic heterocycles. The summed E-state index contributed by atoms with van der Waals surface area (Å²) in [6.45, 7) is 4.88. The Kier molecular flexibility index (Phi) is 5.83. The average molecular weight is 288 g/mol.